The summed E-state index contributed by atoms with van der Waals surface area (Å²) in [7, 11) is 1.56. The van der Waals surface area contributed by atoms with Crippen LogP contribution in [-0.2, 0) is 16.1 Å². The Hall–Kier alpha value is -1.66. The minimum absolute atomic E-state index is 0.146. The summed E-state index contributed by atoms with van der Waals surface area (Å²) in [5, 5.41) is 5.93. The van der Waals surface area contributed by atoms with E-state index >= 15 is 0 Å². The van der Waals surface area contributed by atoms with Gasteiger partial charge in [0.1, 0.15) is 0 Å². The van der Waals surface area contributed by atoms with Gasteiger partial charge in [-0.05, 0) is 18.9 Å². The number of benzene rings is 1. The molecule has 2 N–H and O–H groups in total. The van der Waals surface area contributed by atoms with Gasteiger partial charge in [0.25, 0.3) is 5.91 Å². The molecule has 0 aromatic heterocycles. The van der Waals surface area contributed by atoms with Gasteiger partial charge in [-0.25, -0.2) is 4.39 Å². The van der Waals surface area contributed by atoms with Crippen LogP contribution < -0.4 is 15.4 Å². The van der Waals surface area contributed by atoms with E-state index in [9.17, 15) is 9.18 Å². The lowest BCUT2D eigenvalue weighted by Crippen LogP contribution is -2.31. The van der Waals surface area contributed by atoms with Crippen molar-refractivity contribution in [1.82, 2.24) is 10.6 Å². The second-order valence-electron chi connectivity index (χ2n) is 5.01. The predicted octanol–water partition coefficient (Wildman–Crippen LogP) is 1.22. The third kappa shape index (κ3) is 5.32. The average Bonchev–Trinajstić information content (AvgIpc) is 3.28. The molecule has 21 heavy (non-hydrogen) atoms. The largest absolute Gasteiger partial charge is 0.480 e. The average molecular weight is 296 g/mol. The third-order valence-electron chi connectivity index (χ3n) is 3.18. The summed E-state index contributed by atoms with van der Waals surface area (Å²) in [4.78, 5) is 11.6. The van der Waals surface area contributed by atoms with Crippen LogP contribution in [0.2, 0.25) is 0 Å². The fraction of sp³-hybridized carbons (Fsp3) is 0.533. The number of nitrogens with one attached hydrogen (secondary N) is 2. The summed E-state index contributed by atoms with van der Waals surface area (Å²) in [5.74, 6) is -0.598. The van der Waals surface area contributed by atoms with Crippen molar-refractivity contribution in [1.29, 1.82) is 0 Å². The Labute approximate surface area is 123 Å². The summed E-state index contributed by atoms with van der Waals surface area (Å²) >= 11 is 0. The first-order valence-corrected chi connectivity index (χ1v) is 7.10. The molecule has 1 aliphatic rings. The molecule has 6 heteroatoms. The Morgan fingerprint density at radius 2 is 2.24 bits per heavy atom. The number of hydrogen-bond acceptors (Lipinski definition) is 4. The van der Waals surface area contributed by atoms with Crippen LogP contribution >= 0.6 is 0 Å². The Balaban J connectivity index is 1.86. The van der Waals surface area contributed by atoms with Gasteiger partial charge in [0.05, 0.1) is 6.61 Å². The van der Waals surface area contributed by atoms with Gasteiger partial charge in [0, 0.05) is 31.8 Å². The number of halogens is 1. The maximum atomic E-state index is 13.8. The second kappa shape index (κ2) is 7.95. The molecule has 0 bridgehead atoms. The number of carbonyl (C=O) groups excluding carboxylic acids is 1. The maximum Gasteiger partial charge on any atom is 0.258 e. The first kappa shape index (κ1) is 15.7. The Morgan fingerprint density at radius 1 is 1.43 bits per heavy atom. The van der Waals surface area contributed by atoms with Crippen LogP contribution in [0.4, 0.5) is 4.39 Å². The first-order chi connectivity index (χ1) is 10.2. The molecule has 0 saturated heterocycles. The smallest absolute Gasteiger partial charge is 0.258 e. The van der Waals surface area contributed by atoms with E-state index in [-0.39, 0.29) is 18.3 Å². The van der Waals surface area contributed by atoms with Crippen LogP contribution in [0.15, 0.2) is 18.2 Å². The fourth-order valence-electron chi connectivity index (χ4n) is 1.88. The molecule has 1 saturated carbocycles. The minimum atomic E-state index is -0.449. The van der Waals surface area contributed by atoms with E-state index < -0.39 is 5.82 Å². The summed E-state index contributed by atoms with van der Waals surface area (Å²) in [5.41, 5.74) is 0.728. The molecule has 116 valence electrons. The number of carbonyl (C=O) groups is 1. The van der Waals surface area contributed by atoms with Crippen molar-refractivity contribution in [2.45, 2.75) is 25.4 Å². The summed E-state index contributed by atoms with van der Waals surface area (Å²) in [6.45, 7) is 1.18. The van der Waals surface area contributed by atoms with Crippen LogP contribution in [0.5, 0.6) is 5.75 Å². The van der Waals surface area contributed by atoms with Gasteiger partial charge in [0.15, 0.2) is 18.2 Å². The molecule has 1 fully saturated rings. The van der Waals surface area contributed by atoms with Crippen molar-refractivity contribution in [2.24, 2.45) is 0 Å². The molecule has 5 nitrogen and oxygen atoms in total. The molecular formula is C15H21FN2O3. The fourth-order valence-corrected chi connectivity index (χ4v) is 1.88. The van der Waals surface area contributed by atoms with Gasteiger partial charge >= 0.3 is 0 Å². The van der Waals surface area contributed by atoms with Crippen LogP contribution in [-0.4, -0.2) is 38.8 Å². The van der Waals surface area contributed by atoms with Gasteiger partial charge in [-0.2, -0.15) is 0 Å². The molecule has 0 radical (unpaired) electrons. The summed E-state index contributed by atoms with van der Waals surface area (Å²) in [6.07, 6.45) is 2.32. The van der Waals surface area contributed by atoms with E-state index in [1.54, 1.807) is 19.2 Å². The quantitative estimate of drug-likeness (QED) is 0.673. The van der Waals surface area contributed by atoms with Gasteiger partial charge in [0.2, 0.25) is 0 Å². The molecule has 2 rings (SSSR count). The van der Waals surface area contributed by atoms with Crippen LogP contribution in [0.1, 0.15) is 18.4 Å². The molecule has 1 aromatic rings. The Kier molecular flexibility index (Phi) is 5.95. The molecule has 1 aliphatic carbocycles. The molecule has 0 heterocycles. The van der Waals surface area contributed by atoms with Crippen molar-refractivity contribution in [2.75, 3.05) is 26.9 Å². The third-order valence-corrected chi connectivity index (χ3v) is 3.18. The number of methoxy groups -OCH3 is 1. The van der Waals surface area contributed by atoms with Crippen molar-refractivity contribution >= 4 is 5.91 Å². The molecule has 1 aromatic carbocycles. The van der Waals surface area contributed by atoms with Gasteiger partial charge < -0.3 is 20.1 Å². The molecular weight excluding hydrogens is 275 g/mol. The lowest BCUT2D eigenvalue weighted by Gasteiger charge is -2.13. The Bertz CT molecular complexity index is 478. The standard InChI is InChI=1S/C15H21FN2O3/c1-20-8-7-17-14(19)10-21-15-11(3-2-4-13(15)16)9-18-12-5-6-12/h2-4,12,18H,5-10H2,1H3,(H,17,19). The SMILES string of the molecule is COCCNC(=O)COc1c(F)cccc1CNC1CC1. The lowest BCUT2D eigenvalue weighted by molar-refractivity contribution is -0.123. The Morgan fingerprint density at radius 3 is 2.95 bits per heavy atom. The lowest BCUT2D eigenvalue weighted by atomic mass is 10.2. The summed E-state index contributed by atoms with van der Waals surface area (Å²) < 4.78 is 24.0. The van der Waals surface area contributed by atoms with Crippen molar-refractivity contribution in [3.8, 4) is 5.75 Å². The van der Waals surface area contributed by atoms with Gasteiger partial charge in [-0.1, -0.05) is 12.1 Å². The van der Waals surface area contributed by atoms with Crippen LogP contribution in [0.3, 0.4) is 0 Å². The summed E-state index contributed by atoms with van der Waals surface area (Å²) in [6, 6.07) is 5.30. The number of rotatable bonds is 9. The number of ether oxygens (including phenoxy) is 2. The van der Waals surface area contributed by atoms with Crippen molar-refractivity contribution < 1.29 is 18.7 Å². The van der Waals surface area contributed by atoms with Gasteiger partial charge in [-0.3, -0.25) is 4.79 Å². The zero-order valence-corrected chi connectivity index (χ0v) is 12.2. The normalized spacial score (nSPS) is 14.0. The highest BCUT2D eigenvalue weighted by atomic mass is 19.1. The highest BCUT2D eigenvalue weighted by Gasteiger charge is 2.21. The second-order valence-corrected chi connectivity index (χ2v) is 5.01. The van der Waals surface area contributed by atoms with E-state index in [1.807, 2.05) is 0 Å². The monoisotopic (exact) mass is 296 g/mol. The zero-order chi connectivity index (χ0) is 15.1. The van der Waals surface area contributed by atoms with E-state index in [2.05, 4.69) is 10.6 Å². The number of para-hydroxylation sites is 1. The molecule has 0 aliphatic heterocycles. The zero-order valence-electron chi connectivity index (χ0n) is 12.2. The van der Waals surface area contributed by atoms with E-state index in [4.69, 9.17) is 9.47 Å². The first-order valence-electron chi connectivity index (χ1n) is 7.10. The van der Waals surface area contributed by atoms with E-state index in [0.717, 1.165) is 18.4 Å². The molecule has 0 spiro atoms. The number of amides is 1. The molecule has 0 atom stereocenters. The molecule has 1 amide bonds. The molecule has 0 unspecified atom stereocenters. The van der Waals surface area contributed by atoms with E-state index in [1.165, 1.54) is 6.07 Å². The van der Waals surface area contributed by atoms with Crippen molar-refractivity contribution in [3.05, 3.63) is 29.6 Å². The van der Waals surface area contributed by atoms with Crippen LogP contribution in [0, 0.1) is 5.82 Å². The highest BCUT2D eigenvalue weighted by Crippen LogP contribution is 2.25. The highest BCUT2D eigenvalue weighted by molar-refractivity contribution is 5.77. The topological polar surface area (TPSA) is 59.6 Å². The minimum Gasteiger partial charge on any atom is -0.480 e. The number of hydrogen-bond donors (Lipinski definition) is 2. The predicted molar refractivity (Wildman–Crippen MR) is 76.6 cm³/mol. The van der Waals surface area contributed by atoms with Crippen molar-refractivity contribution in [3.63, 3.8) is 0 Å². The van der Waals surface area contributed by atoms with E-state index in [0.29, 0.717) is 25.7 Å². The van der Waals surface area contributed by atoms with Crippen LogP contribution in [0.25, 0.3) is 0 Å². The maximum absolute atomic E-state index is 13.8. The van der Waals surface area contributed by atoms with Gasteiger partial charge in [-0.15, -0.1) is 0 Å².